The third-order valence-electron chi connectivity index (χ3n) is 1.68. The van der Waals surface area contributed by atoms with Crippen LogP contribution in [0.1, 0.15) is 11.1 Å². The normalized spacial score (nSPS) is 9.00. The molecule has 0 atom stereocenters. The van der Waals surface area contributed by atoms with Gasteiger partial charge in [-0.05, 0) is 11.1 Å². The summed E-state index contributed by atoms with van der Waals surface area (Å²) in [4.78, 5) is 10.4. The second-order valence-corrected chi connectivity index (χ2v) is 2.54. The number of aliphatic carboxylic acids is 1. The van der Waals surface area contributed by atoms with Crippen molar-refractivity contribution < 1.29 is 9.90 Å². The van der Waals surface area contributed by atoms with Crippen molar-refractivity contribution in [3.63, 3.8) is 0 Å². The van der Waals surface area contributed by atoms with E-state index in [1.165, 1.54) is 0 Å². The van der Waals surface area contributed by atoms with Gasteiger partial charge in [0.25, 0.3) is 0 Å². The highest BCUT2D eigenvalue weighted by molar-refractivity contribution is 5.85. The quantitative estimate of drug-likeness (QED) is 0.773. The number of benzene rings is 1. The summed E-state index contributed by atoms with van der Waals surface area (Å²) in [6.45, 7) is 0.392. The van der Waals surface area contributed by atoms with Gasteiger partial charge in [-0.2, -0.15) is 0 Å². The van der Waals surface area contributed by atoms with E-state index in [9.17, 15) is 4.79 Å². The van der Waals surface area contributed by atoms with Gasteiger partial charge in [0.2, 0.25) is 0 Å². The molecule has 0 amide bonds. The minimum Gasteiger partial charge on any atom is -0.481 e. The van der Waals surface area contributed by atoms with Crippen LogP contribution in [0.3, 0.4) is 0 Å². The Morgan fingerprint density at radius 2 is 1.85 bits per heavy atom. The van der Waals surface area contributed by atoms with Gasteiger partial charge in [-0.25, -0.2) is 0 Å². The first kappa shape index (κ1) is 11.9. The Morgan fingerprint density at radius 3 is 2.31 bits per heavy atom. The molecule has 0 aliphatic heterocycles. The summed E-state index contributed by atoms with van der Waals surface area (Å²) < 4.78 is 0. The van der Waals surface area contributed by atoms with Crippen LogP contribution < -0.4 is 5.73 Å². The first-order valence-electron chi connectivity index (χ1n) is 3.72. The lowest BCUT2D eigenvalue weighted by Crippen LogP contribution is -2.06. The highest BCUT2D eigenvalue weighted by Gasteiger charge is 2.03. The van der Waals surface area contributed by atoms with E-state index in [1.807, 2.05) is 18.2 Å². The van der Waals surface area contributed by atoms with Gasteiger partial charge >= 0.3 is 5.97 Å². The Balaban J connectivity index is 0.00000144. The largest absolute Gasteiger partial charge is 0.481 e. The summed E-state index contributed by atoms with van der Waals surface area (Å²) in [5.41, 5.74) is 7.13. The summed E-state index contributed by atoms with van der Waals surface area (Å²) in [6.07, 6.45) is 0.0490. The summed E-state index contributed by atoms with van der Waals surface area (Å²) in [5.74, 6) is -0.823. The van der Waals surface area contributed by atoms with Gasteiger partial charge in [0, 0.05) is 6.54 Å². The number of nitrogens with two attached hydrogens (primary N) is 1. The zero-order valence-corrected chi connectivity index (χ0v) is 7.88. The molecule has 72 valence electrons. The second kappa shape index (κ2) is 5.56. The molecule has 0 fully saturated rings. The molecule has 0 unspecified atom stereocenters. The number of halogens is 1. The van der Waals surface area contributed by atoms with Crippen molar-refractivity contribution in [3.05, 3.63) is 35.4 Å². The van der Waals surface area contributed by atoms with E-state index in [4.69, 9.17) is 10.8 Å². The van der Waals surface area contributed by atoms with Gasteiger partial charge in [0.05, 0.1) is 6.42 Å². The average Bonchev–Trinajstić information content (AvgIpc) is 2.04. The topological polar surface area (TPSA) is 63.3 Å². The SMILES string of the molecule is Cl.NCc1ccccc1CC(=O)O. The summed E-state index contributed by atoms with van der Waals surface area (Å²) >= 11 is 0. The van der Waals surface area contributed by atoms with Crippen molar-refractivity contribution in [2.24, 2.45) is 5.73 Å². The van der Waals surface area contributed by atoms with E-state index < -0.39 is 5.97 Å². The molecule has 0 saturated carbocycles. The van der Waals surface area contributed by atoms with Crippen molar-refractivity contribution in [2.75, 3.05) is 0 Å². The van der Waals surface area contributed by atoms with E-state index in [0.717, 1.165) is 11.1 Å². The van der Waals surface area contributed by atoms with E-state index >= 15 is 0 Å². The van der Waals surface area contributed by atoms with Crippen molar-refractivity contribution in [1.29, 1.82) is 0 Å². The predicted molar refractivity (Wildman–Crippen MR) is 52.9 cm³/mol. The van der Waals surface area contributed by atoms with Crippen LogP contribution in [-0.2, 0) is 17.8 Å². The third-order valence-corrected chi connectivity index (χ3v) is 1.68. The molecule has 13 heavy (non-hydrogen) atoms. The van der Waals surface area contributed by atoms with Crippen molar-refractivity contribution >= 4 is 18.4 Å². The molecule has 0 heterocycles. The van der Waals surface area contributed by atoms with Crippen LogP contribution in [0.5, 0.6) is 0 Å². The van der Waals surface area contributed by atoms with Crippen LogP contribution in [0.4, 0.5) is 0 Å². The Morgan fingerprint density at radius 1 is 1.31 bits per heavy atom. The fourth-order valence-electron chi connectivity index (χ4n) is 1.09. The lowest BCUT2D eigenvalue weighted by Gasteiger charge is -2.03. The van der Waals surface area contributed by atoms with Crippen LogP contribution in [0.25, 0.3) is 0 Å². The van der Waals surface area contributed by atoms with Gasteiger partial charge in [0.15, 0.2) is 0 Å². The summed E-state index contributed by atoms with van der Waals surface area (Å²) in [7, 11) is 0. The maximum atomic E-state index is 10.4. The molecule has 0 aliphatic carbocycles. The molecule has 3 nitrogen and oxygen atoms in total. The minimum atomic E-state index is -0.823. The Hall–Kier alpha value is -1.06. The second-order valence-electron chi connectivity index (χ2n) is 2.54. The standard InChI is InChI=1S/C9H11NO2.ClH/c10-6-8-4-2-1-3-7(8)5-9(11)12;/h1-4H,5-6,10H2,(H,11,12);1H. The Bertz CT molecular complexity index is 289. The van der Waals surface area contributed by atoms with Gasteiger partial charge in [0.1, 0.15) is 0 Å². The van der Waals surface area contributed by atoms with E-state index in [2.05, 4.69) is 0 Å². The fraction of sp³-hybridized carbons (Fsp3) is 0.222. The molecule has 1 aromatic carbocycles. The fourth-order valence-corrected chi connectivity index (χ4v) is 1.09. The summed E-state index contributed by atoms with van der Waals surface area (Å²) in [6, 6.07) is 7.31. The number of rotatable bonds is 3. The number of carbonyl (C=O) groups is 1. The lowest BCUT2D eigenvalue weighted by molar-refractivity contribution is -0.136. The zero-order chi connectivity index (χ0) is 8.97. The number of hydrogen-bond acceptors (Lipinski definition) is 2. The predicted octanol–water partition coefficient (Wildman–Crippen LogP) is 1.19. The van der Waals surface area contributed by atoms with Crippen LogP contribution in [-0.4, -0.2) is 11.1 Å². The minimum absolute atomic E-state index is 0. The molecule has 0 saturated heterocycles. The molecule has 3 N–H and O–H groups in total. The molecule has 0 aromatic heterocycles. The molecular formula is C9H12ClNO2. The highest BCUT2D eigenvalue weighted by atomic mass is 35.5. The molecule has 0 bridgehead atoms. The van der Waals surface area contributed by atoms with Crippen molar-refractivity contribution in [2.45, 2.75) is 13.0 Å². The first-order valence-corrected chi connectivity index (χ1v) is 3.72. The molecular weight excluding hydrogens is 190 g/mol. The zero-order valence-electron chi connectivity index (χ0n) is 7.06. The van der Waals surface area contributed by atoms with E-state index in [-0.39, 0.29) is 18.8 Å². The summed E-state index contributed by atoms with van der Waals surface area (Å²) in [5, 5.41) is 8.55. The van der Waals surface area contributed by atoms with Crippen LogP contribution >= 0.6 is 12.4 Å². The number of hydrogen-bond donors (Lipinski definition) is 2. The van der Waals surface area contributed by atoms with Crippen molar-refractivity contribution in [3.8, 4) is 0 Å². The van der Waals surface area contributed by atoms with E-state index in [1.54, 1.807) is 6.07 Å². The molecule has 1 aromatic rings. The molecule has 0 aliphatic rings. The Labute approximate surface area is 83.0 Å². The smallest absolute Gasteiger partial charge is 0.307 e. The molecule has 0 radical (unpaired) electrons. The van der Waals surface area contributed by atoms with Crippen LogP contribution in [0.15, 0.2) is 24.3 Å². The van der Waals surface area contributed by atoms with Gasteiger partial charge in [-0.3, -0.25) is 4.79 Å². The average molecular weight is 202 g/mol. The first-order chi connectivity index (χ1) is 5.74. The van der Waals surface area contributed by atoms with Crippen molar-refractivity contribution in [1.82, 2.24) is 0 Å². The number of carboxylic acid groups (broad SMARTS) is 1. The van der Waals surface area contributed by atoms with Crippen LogP contribution in [0, 0.1) is 0 Å². The highest BCUT2D eigenvalue weighted by Crippen LogP contribution is 2.08. The van der Waals surface area contributed by atoms with Gasteiger partial charge < -0.3 is 10.8 Å². The molecule has 0 spiro atoms. The maximum Gasteiger partial charge on any atom is 0.307 e. The van der Waals surface area contributed by atoms with Crippen LogP contribution in [0.2, 0.25) is 0 Å². The lowest BCUT2D eigenvalue weighted by atomic mass is 10.1. The molecule has 4 heteroatoms. The molecule has 1 rings (SSSR count). The third kappa shape index (κ3) is 3.44. The number of carboxylic acids is 1. The van der Waals surface area contributed by atoms with Gasteiger partial charge in [-0.1, -0.05) is 24.3 Å². The maximum absolute atomic E-state index is 10.4. The van der Waals surface area contributed by atoms with Gasteiger partial charge in [-0.15, -0.1) is 12.4 Å². The van der Waals surface area contributed by atoms with E-state index in [0.29, 0.717) is 6.54 Å². The Kier molecular flexibility index (Phi) is 5.11. The monoisotopic (exact) mass is 201 g/mol.